The number of likely N-dealkylation sites (N-methyl/N-ethyl adjacent to an activating group) is 1. The topological polar surface area (TPSA) is 53.0 Å². The number of carboxylic acids is 1. The van der Waals surface area contributed by atoms with E-state index in [0.29, 0.717) is 19.1 Å². The first-order valence-electron chi connectivity index (χ1n) is 6.19. The fraction of sp³-hybridized carbons (Fsp3) is 0.917. The minimum absolute atomic E-state index is 0.285. The van der Waals surface area contributed by atoms with E-state index in [9.17, 15) is 9.90 Å². The average Bonchev–Trinajstić information content (AvgIpc) is 2.38. The lowest BCUT2D eigenvalue weighted by Gasteiger charge is -2.28. The molecule has 0 aromatic rings. The van der Waals surface area contributed by atoms with Gasteiger partial charge in [0.1, 0.15) is 0 Å². The van der Waals surface area contributed by atoms with Crippen LogP contribution in [-0.2, 0) is 9.53 Å². The summed E-state index contributed by atoms with van der Waals surface area (Å²) >= 11 is 0. The van der Waals surface area contributed by atoms with Gasteiger partial charge in [0.05, 0.1) is 5.92 Å². The molecule has 2 unspecified atom stereocenters. The van der Waals surface area contributed by atoms with Crippen LogP contribution in [0, 0.1) is 5.92 Å². The minimum atomic E-state index is -0.692. The first-order valence-corrected chi connectivity index (χ1v) is 6.19. The molecule has 1 heterocycles. The molecular weight excluding hydrogens is 220 g/mol. The van der Waals surface area contributed by atoms with Gasteiger partial charge in [-0.2, -0.15) is 0 Å². The van der Waals surface area contributed by atoms with E-state index in [1.807, 2.05) is 7.05 Å². The predicted molar refractivity (Wildman–Crippen MR) is 66.2 cm³/mol. The first kappa shape index (κ1) is 14.4. The van der Waals surface area contributed by atoms with Gasteiger partial charge in [-0.1, -0.05) is 0 Å². The van der Waals surface area contributed by atoms with Crippen LogP contribution in [0.2, 0.25) is 0 Å². The molecule has 0 spiro atoms. The Labute approximate surface area is 103 Å². The van der Waals surface area contributed by atoms with Crippen LogP contribution in [0.15, 0.2) is 0 Å². The summed E-state index contributed by atoms with van der Waals surface area (Å²) < 4.78 is 5.04. The second-order valence-corrected chi connectivity index (χ2v) is 4.95. The van der Waals surface area contributed by atoms with E-state index in [4.69, 9.17) is 4.74 Å². The monoisotopic (exact) mass is 244 g/mol. The molecule has 1 N–H and O–H groups in total. The van der Waals surface area contributed by atoms with Crippen molar-refractivity contribution in [2.45, 2.75) is 19.4 Å². The van der Waals surface area contributed by atoms with Gasteiger partial charge in [0.2, 0.25) is 0 Å². The summed E-state index contributed by atoms with van der Waals surface area (Å²) in [4.78, 5) is 15.5. The largest absolute Gasteiger partial charge is 0.481 e. The molecule has 1 rings (SSSR count). The summed E-state index contributed by atoms with van der Waals surface area (Å²) in [6, 6.07) is 0.404. The first-order chi connectivity index (χ1) is 8.04. The van der Waals surface area contributed by atoms with Crippen molar-refractivity contribution < 1.29 is 14.6 Å². The molecule has 0 saturated carbocycles. The molecular formula is C12H24N2O3. The van der Waals surface area contributed by atoms with Gasteiger partial charge in [0, 0.05) is 45.9 Å². The number of carbonyl (C=O) groups is 1. The quantitative estimate of drug-likeness (QED) is 0.708. The van der Waals surface area contributed by atoms with Crippen molar-refractivity contribution >= 4 is 5.97 Å². The molecule has 5 heteroatoms. The Hall–Kier alpha value is -0.650. The van der Waals surface area contributed by atoms with Crippen molar-refractivity contribution in [2.75, 3.05) is 46.9 Å². The third kappa shape index (κ3) is 4.61. The van der Waals surface area contributed by atoms with Gasteiger partial charge in [0.15, 0.2) is 0 Å². The zero-order valence-electron chi connectivity index (χ0n) is 11.1. The van der Waals surface area contributed by atoms with Crippen LogP contribution in [0.5, 0.6) is 0 Å². The standard InChI is InChI=1S/C12H24N2O3/c1-10-7-13(2)8-11(12(15)16)9-14(10)5-4-6-17-3/h10-11H,4-9H2,1-3H3,(H,15,16). The second kappa shape index (κ2) is 6.93. The molecule has 0 radical (unpaired) electrons. The number of aliphatic carboxylic acids is 1. The Morgan fingerprint density at radius 1 is 1.41 bits per heavy atom. The van der Waals surface area contributed by atoms with E-state index in [1.54, 1.807) is 7.11 Å². The lowest BCUT2D eigenvalue weighted by molar-refractivity contribution is -0.142. The second-order valence-electron chi connectivity index (χ2n) is 4.95. The van der Waals surface area contributed by atoms with Gasteiger partial charge >= 0.3 is 5.97 Å². The maximum Gasteiger partial charge on any atom is 0.309 e. The zero-order valence-corrected chi connectivity index (χ0v) is 11.1. The van der Waals surface area contributed by atoms with Crippen LogP contribution in [-0.4, -0.2) is 73.9 Å². The summed E-state index contributed by atoms with van der Waals surface area (Å²) in [5.41, 5.74) is 0. The maximum atomic E-state index is 11.2. The van der Waals surface area contributed by atoms with Gasteiger partial charge in [0.25, 0.3) is 0 Å². The van der Waals surface area contributed by atoms with Crippen molar-refractivity contribution in [3.8, 4) is 0 Å². The highest BCUT2D eigenvalue weighted by atomic mass is 16.5. The molecule has 2 atom stereocenters. The van der Waals surface area contributed by atoms with Crippen molar-refractivity contribution in [3.63, 3.8) is 0 Å². The number of hydrogen-bond acceptors (Lipinski definition) is 4. The zero-order chi connectivity index (χ0) is 12.8. The van der Waals surface area contributed by atoms with E-state index >= 15 is 0 Å². The maximum absolute atomic E-state index is 11.2. The van der Waals surface area contributed by atoms with Crippen molar-refractivity contribution in [1.82, 2.24) is 9.80 Å². The van der Waals surface area contributed by atoms with Crippen LogP contribution in [0.4, 0.5) is 0 Å². The fourth-order valence-electron chi connectivity index (χ4n) is 2.42. The van der Waals surface area contributed by atoms with Crippen molar-refractivity contribution in [1.29, 1.82) is 0 Å². The van der Waals surface area contributed by atoms with Gasteiger partial charge < -0.3 is 14.7 Å². The molecule has 0 amide bonds. The molecule has 1 aliphatic rings. The Morgan fingerprint density at radius 2 is 2.12 bits per heavy atom. The molecule has 1 aliphatic heterocycles. The van der Waals surface area contributed by atoms with Crippen LogP contribution in [0.3, 0.4) is 0 Å². The number of nitrogens with zero attached hydrogens (tertiary/aromatic N) is 2. The highest BCUT2D eigenvalue weighted by Gasteiger charge is 2.29. The molecule has 1 fully saturated rings. The average molecular weight is 244 g/mol. The van der Waals surface area contributed by atoms with E-state index in [2.05, 4.69) is 16.7 Å². The normalized spacial score (nSPS) is 27.9. The predicted octanol–water partition coefficient (Wildman–Crippen LogP) is 0.360. The van der Waals surface area contributed by atoms with Gasteiger partial charge in [-0.25, -0.2) is 0 Å². The summed E-state index contributed by atoms with van der Waals surface area (Å²) in [5, 5.41) is 9.18. The van der Waals surface area contributed by atoms with Crippen LogP contribution in [0.25, 0.3) is 0 Å². The fourth-order valence-corrected chi connectivity index (χ4v) is 2.42. The third-order valence-electron chi connectivity index (χ3n) is 3.33. The Kier molecular flexibility index (Phi) is 5.88. The highest BCUT2D eigenvalue weighted by molar-refractivity contribution is 5.70. The van der Waals surface area contributed by atoms with Crippen LogP contribution >= 0.6 is 0 Å². The van der Waals surface area contributed by atoms with Crippen molar-refractivity contribution in [2.24, 2.45) is 5.92 Å². The van der Waals surface area contributed by atoms with E-state index in [-0.39, 0.29) is 5.92 Å². The molecule has 0 aromatic carbocycles. The smallest absolute Gasteiger partial charge is 0.309 e. The summed E-state index contributed by atoms with van der Waals surface area (Å²) in [6.45, 7) is 6.01. The summed E-state index contributed by atoms with van der Waals surface area (Å²) in [5.74, 6) is -0.977. The van der Waals surface area contributed by atoms with E-state index in [0.717, 1.165) is 26.1 Å². The lowest BCUT2D eigenvalue weighted by Crippen LogP contribution is -2.40. The van der Waals surface area contributed by atoms with Crippen LogP contribution in [0.1, 0.15) is 13.3 Å². The van der Waals surface area contributed by atoms with E-state index in [1.165, 1.54) is 0 Å². The van der Waals surface area contributed by atoms with E-state index < -0.39 is 5.97 Å². The molecule has 1 saturated heterocycles. The minimum Gasteiger partial charge on any atom is -0.481 e. The highest BCUT2D eigenvalue weighted by Crippen LogP contribution is 2.14. The molecule has 5 nitrogen and oxygen atoms in total. The Bertz CT molecular complexity index is 248. The summed E-state index contributed by atoms with van der Waals surface area (Å²) in [6.07, 6.45) is 0.955. The molecule has 0 bridgehead atoms. The van der Waals surface area contributed by atoms with Crippen LogP contribution < -0.4 is 0 Å². The number of ether oxygens (including phenoxy) is 1. The lowest BCUT2D eigenvalue weighted by atomic mass is 10.1. The SMILES string of the molecule is COCCCN1CC(C(=O)O)CN(C)CC1C. The molecule has 100 valence electrons. The van der Waals surface area contributed by atoms with Gasteiger partial charge in [-0.3, -0.25) is 9.69 Å². The number of carboxylic acid groups (broad SMARTS) is 1. The molecule has 0 aliphatic carbocycles. The molecule has 0 aromatic heterocycles. The Morgan fingerprint density at radius 3 is 2.71 bits per heavy atom. The van der Waals surface area contributed by atoms with Gasteiger partial charge in [-0.05, 0) is 20.4 Å². The summed E-state index contributed by atoms with van der Waals surface area (Å²) in [7, 11) is 3.69. The van der Waals surface area contributed by atoms with Crippen molar-refractivity contribution in [3.05, 3.63) is 0 Å². The number of hydrogen-bond donors (Lipinski definition) is 1. The van der Waals surface area contributed by atoms with Gasteiger partial charge in [-0.15, -0.1) is 0 Å². The molecule has 17 heavy (non-hydrogen) atoms. The third-order valence-corrected chi connectivity index (χ3v) is 3.33. The number of rotatable bonds is 5. The number of methoxy groups -OCH3 is 1. The Balaban J connectivity index is 2.56.